The fourth-order valence-electron chi connectivity index (χ4n) is 10.1. The number of benzene rings is 4. The first kappa shape index (κ1) is 67.9. The molecule has 0 fully saturated rings. The van der Waals surface area contributed by atoms with E-state index in [1.54, 1.807) is 66.1 Å². The summed E-state index contributed by atoms with van der Waals surface area (Å²) in [6, 6.07) is 12.9. The Morgan fingerprint density at radius 1 is 0.558 bits per heavy atom. The molecule has 0 spiro atoms. The van der Waals surface area contributed by atoms with Gasteiger partial charge in [0.15, 0.2) is 0 Å². The number of hydrogen-bond donors (Lipinski definition) is 11. The molecule has 0 saturated heterocycles. The van der Waals surface area contributed by atoms with E-state index in [9.17, 15) is 36.0 Å². The molecule has 0 aliphatic carbocycles. The Labute approximate surface area is 519 Å². The number of methoxy groups -OCH3 is 2. The topological polar surface area (TPSA) is 348 Å². The molecule has 23 nitrogen and oxygen atoms in total. The van der Waals surface area contributed by atoms with Crippen molar-refractivity contribution >= 4 is 109 Å². The van der Waals surface area contributed by atoms with Crippen LogP contribution < -0.4 is 57.0 Å². The predicted octanol–water partition coefficient (Wildman–Crippen LogP) is 5.94. The average Bonchev–Trinajstić information content (AvgIpc) is 3.70. The maximum Gasteiger partial charge on any atom is 0.264 e. The summed E-state index contributed by atoms with van der Waals surface area (Å²) >= 11 is 6.98. The third-order valence-corrected chi connectivity index (χ3v) is 18.9. The number of nitrogens with zero attached hydrogens (tertiary/aromatic N) is 2. The molecule has 86 heavy (non-hydrogen) atoms. The van der Waals surface area contributed by atoms with Crippen LogP contribution in [0, 0.1) is 41.5 Å². The predicted molar refractivity (Wildman–Crippen MR) is 343 cm³/mol. The fraction of sp³-hybridized carbons (Fsp3) is 0.424. The van der Waals surface area contributed by atoms with E-state index in [1.165, 1.54) is 14.2 Å². The number of hydrogen-bond acceptors (Lipinski definition) is 13. The first-order chi connectivity index (χ1) is 40.8. The van der Waals surface area contributed by atoms with Crippen LogP contribution in [0.15, 0.2) is 89.6 Å². The van der Waals surface area contributed by atoms with E-state index in [-0.39, 0.29) is 97.6 Å². The third kappa shape index (κ3) is 18.7. The molecule has 0 radical (unpaired) electrons. The summed E-state index contributed by atoms with van der Waals surface area (Å²) in [5.41, 5.74) is 18.7. The van der Waals surface area contributed by atoms with E-state index in [2.05, 4.69) is 87.8 Å². The molecule has 2 heterocycles. The molecule has 2 aromatic heterocycles. The van der Waals surface area contributed by atoms with Crippen LogP contribution in [0.1, 0.15) is 89.5 Å². The zero-order valence-corrected chi connectivity index (χ0v) is 54.5. The van der Waals surface area contributed by atoms with E-state index < -0.39 is 38.0 Å². The van der Waals surface area contributed by atoms with Gasteiger partial charge in [0.05, 0.1) is 36.9 Å². The zero-order chi connectivity index (χ0) is 62.9. The lowest BCUT2D eigenvalue weighted by Crippen LogP contribution is -2.48. The second kappa shape index (κ2) is 31.4. The zero-order valence-electron chi connectivity index (χ0n) is 49.7. The quantitative estimate of drug-likeness (QED) is 0.0137. The highest BCUT2D eigenvalue weighted by Gasteiger charge is 2.27. The number of nitrogens with two attached hydrogens (primary N) is 2. The van der Waals surface area contributed by atoms with Crippen molar-refractivity contribution in [1.82, 2.24) is 46.0 Å². The standard InChI is InChI=1S/C59H79Br2N13O10S2/c1-34-26-50(83-7)36(3)38(5)54(34)85(79,80)73-58(62)67-22-12-14-48(71-52(75)28-40-32-69-46-18-16-42(60)30-44(40)46)56(77)65-21-11-9-10-20-64-24-25-66-57(78)49(72-53(76)29-41-33-70-47-19-17-43(61)31-45(41)47)15-13-23-68-59(63)74-86(81,82)55-35(2)27-51(84-8)37(4)39(55)6/h16-19,26-27,30-33,48-49,64,69-70H,9-15,20-25,28-29H2,1-8H3,(H,65,77)(H,66,78)(H,71,75)(H,72,76)(H3,62,67,73)(H3,63,68,74)/t48-,49-/m1/s1. The molecule has 466 valence electrons. The number of ether oxygens (including phenoxy) is 2. The number of halogens is 2. The number of rotatable bonds is 31. The largest absolute Gasteiger partial charge is 0.496 e. The van der Waals surface area contributed by atoms with Gasteiger partial charge in [0.25, 0.3) is 20.0 Å². The normalized spacial score (nSPS) is 12.9. The summed E-state index contributed by atoms with van der Waals surface area (Å²) in [5.74, 6) is -1.00. The van der Waals surface area contributed by atoms with E-state index >= 15 is 0 Å². The SMILES string of the molecule is COc1cc(C)c(S(=O)(=O)NC(N)=NCCC[C@@H](NC(=O)Cc2c[nH]c3ccc(Br)cc23)C(=O)NCCCCCNCCNC(=O)[C@@H](CCCN=C(N)NS(=O)(=O)c2c(C)cc(OC)c(C)c2C)NC(=O)Cc2c[nH]c3ccc(Br)cc23)c(C)c1C. The van der Waals surface area contributed by atoms with Gasteiger partial charge in [0.2, 0.25) is 35.5 Å². The van der Waals surface area contributed by atoms with Gasteiger partial charge in [-0.05, 0) is 180 Å². The molecule has 27 heteroatoms. The van der Waals surface area contributed by atoms with Gasteiger partial charge in [-0.1, -0.05) is 38.3 Å². The minimum atomic E-state index is -4.10. The van der Waals surface area contributed by atoms with Crippen molar-refractivity contribution in [2.24, 2.45) is 21.5 Å². The van der Waals surface area contributed by atoms with Crippen molar-refractivity contribution in [1.29, 1.82) is 0 Å². The van der Waals surface area contributed by atoms with Crippen LogP contribution in [0.25, 0.3) is 21.8 Å². The second-order valence-corrected chi connectivity index (χ2v) is 26.0. The molecule has 0 unspecified atom stereocenters. The van der Waals surface area contributed by atoms with Crippen LogP contribution in [-0.2, 0) is 52.1 Å². The first-order valence-electron chi connectivity index (χ1n) is 28.1. The molecule has 2 atom stereocenters. The maximum absolute atomic E-state index is 13.7. The molecule has 6 rings (SSSR count). The van der Waals surface area contributed by atoms with Gasteiger partial charge in [-0.15, -0.1) is 0 Å². The highest BCUT2D eigenvalue weighted by molar-refractivity contribution is 9.10. The van der Waals surface area contributed by atoms with Crippen molar-refractivity contribution < 1.29 is 45.5 Å². The monoisotopic (exact) mass is 1350 g/mol. The van der Waals surface area contributed by atoms with Gasteiger partial charge in [-0.25, -0.2) is 26.3 Å². The number of guanidine groups is 2. The number of aliphatic imine (C=N–C) groups is 2. The van der Waals surface area contributed by atoms with Gasteiger partial charge in [0, 0.05) is 75.9 Å². The molecule has 0 aliphatic heterocycles. The molecular formula is C59H79Br2N13O10S2. The highest BCUT2D eigenvalue weighted by atomic mass is 79.9. The number of nitrogens with one attached hydrogen (secondary N) is 9. The number of sulfonamides is 2. The fourth-order valence-corrected chi connectivity index (χ4v) is 13.8. The molecular weight excluding hydrogens is 1270 g/mol. The third-order valence-electron chi connectivity index (χ3n) is 14.7. The number of aryl methyl sites for hydroxylation is 2. The van der Waals surface area contributed by atoms with Gasteiger partial charge < -0.3 is 57.5 Å². The van der Waals surface area contributed by atoms with Crippen molar-refractivity contribution in [3.05, 3.63) is 114 Å². The van der Waals surface area contributed by atoms with E-state index in [0.717, 1.165) is 54.7 Å². The van der Waals surface area contributed by atoms with Crippen LogP contribution in [0.3, 0.4) is 0 Å². The van der Waals surface area contributed by atoms with E-state index in [0.29, 0.717) is 70.9 Å². The average molecular weight is 1350 g/mol. The summed E-state index contributed by atoms with van der Waals surface area (Å²) < 4.78 is 70.9. The number of carbonyl (C=O) groups excluding carboxylic acids is 4. The van der Waals surface area contributed by atoms with Gasteiger partial charge in [0.1, 0.15) is 23.6 Å². The van der Waals surface area contributed by atoms with Gasteiger partial charge in [-0.3, -0.25) is 29.2 Å². The summed E-state index contributed by atoms with van der Waals surface area (Å²) in [5, 5.41) is 16.7. The smallest absolute Gasteiger partial charge is 0.264 e. The van der Waals surface area contributed by atoms with E-state index in [4.69, 9.17) is 20.9 Å². The minimum Gasteiger partial charge on any atom is -0.496 e. The Bertz CT molecular complexity index is 3480. The number of carbonyl (C=O) groups is 4. The Hall–Kier alpha value is -7.20. The lowest BCUT2D eigenvalue weighted by atomic mass is 10.1. The Morgan fingerprint density at radius 3 is 1.41 bits per heavy atom. The number of aromatic nitrogens is 2. The second-order valence-electron chi connectivity index (χ2n) is 21.0. The van der Waals surface area contributed by atoms with Crippen LogP contribution in [-0.4, -0.2) is 128 Å². The Kier molecular flexibility index (Phi) is 24.8. The van der Waals surface area contributed by atoms with Crippen molar-refractivity contribution in [2.75, 3.05) is 53.5 Å². The van der Waals surface area contributed by atoms with Crippen LogP contribution >= 0.6 is 31.9 Å². The lowest BCUT2D eigenvalue weighted by molar-refractivity contribution is -0.128. The molecule has 4 aromatic carbocycles. The van der Waals surface area contributed by atoms with Crippen LogP contribution in [0.4, 0.5) is 0 Å². The van der Waals surface area contributed by atoms with Crippen molar-refractivity contribution in [2.45, 2.75) is 121 Å². The number of aromatic amines is 2. The molecule has 0 saturated carbocycles. The van der Waals surface area contributed by atoms with E-state index in [1.807, 2.05) is 36.4 Å². The summed E-state index contributed by atoms with van der Waals surface area (Å²) in [6.45, 7) is 12.0. The number of unbranched alkanes of at least 4 members (excludes halogenated alkanes) is 2. The molecule has 13 N–H and O–H groups in total. The number of fused-ring (bicyclic) bond motifs is 2. The summed E-state index contributed by atoms with van der Waals surface area (Å²) in [6.07, 6.45) is 6.65. The molecule has 6 aromatic rings. The molecule has 4 amide bonds. The van der Waals surface area contributed by atoms with Crippen molar-refractivity contribution in [3.8, 4) is 11.5 Å². The van der Waals surface area contributed by atoms with Crippen molar-refractivity contribution in [3.63, 3.8) is 0 Å². The minimum absolute atomic E-state index is 0.0121. The highest BCUT2D eigenvalue weighted by Crippen LogP contribution is 2.32. The Morgan fingerprint density at radius 2 is 0.977 bits per heavy atom. The summed E-state index contributed by atoms with van der Waals surface area (Å²) in [7, 11) is -5.16. The van der Waals surface area contributed by atoms with Gasteiger partial charge >= 0.3 is 0 Å². The van der Waals surface area contributed by atoms with Gasteiger partial charge in [-0.2, -0.15) is 0 Å². The number of H-pyrrole nitrogens is 2. The lowest BCUT2D eigenvalue weighted by Gasteiger charge is -2.19. The Balaban J connectivity index is 0.970. The summed E-state index contributed by atoms with van der Waals surface area (Å²) in [4.78, 5) is 69.3. The molecule has 0 aliphatic rings. The molecule has 0 bridgehead atoms. The number of amides is 4. The van der Waals surface area contributed by atoms with Crippen LogP contribution in [0.2, 0.25) is 0 Å². The van der Waals surface area contributed by atoms with Crippen LogP contribution in [0.5, 0.6) is 11.5 Å². The maximum atomic E-state index is 13.7. The first-order valence-corrected chi connectivity index (χ1v) is 32.7.